The van der Waals surface area contributed by atoms with Crippen molar-refractivity contribution in [1.82, 2.24) is 24.6 Å². The molecule has 0 saturated carbocycles. The Morgan fingerprint density at radius 2 is 2.12 bits per heavy atom. The molecule has 2 saturated heterocycles. The van der Waals surface area contributed by atoms with E-state index in [2.05, 4.69) is 19.7 Å². The number of hydrogen-bond acceptors (Lipinski definition) is 7. The lowest BCUT2D eigenvalue weighted by molar-refractivity contribution is -0.141. The first-order valence-electron chi connectivity index (χ1n) is 8.24. The van der Waals surface area contributed by atoms with E-state index in [-0.39, 0.29) is 17.6 Å². The standard InChI is InChI=1S/C15H23N5O4/c1-23-15(22)13-16-10-20(17-13)11-18-4-2-3-12(9-18)14(21)19-5-7-24-8-6-19/h10,12H,2-9,11H2,1H3. The molecule has 0 bridgehead atoms. The molecule has 9 nitrogen and oxygen atoms in total. The molecule has 0 radical (unpaired) electrons. The van der Waals surface area contributed by atoms with Crippen molar-refractivity contribution >= 4 is 11.9 Å². The number of nitrogens with zero attached hydrogens (tertiary/aromatic N) is 5. The number of methoxy groups -OCH3 is 1. The summed E-state index contributed by atoms with van der Waals surface area (Å²) < 4.78 is 11.5. The molecule has 9 heteroatoms. The Balaban J connectivity index is 1.56. The first-order valence-corrected chi connectivity index (χ1v) is 8.24. The molecule has 0 N–H and O–H groups in total. The van der Waals surface area contributed by atoms with Gasteiger partial charge in [-0.2, -0.15) is 0 Å². The van der Waals surface area contributed by atoms with Crippen LogP contribution in [-0.2, 0) is 20.9 Å². The highest BCUT2D eigenvalue weighted by Gasteiger charge is 2.30. The predicted molar refractivity (Wildman–Crippen MR) is 83.1 cm³/mol. The third-order valence-electron chi connectivity index (χ3n) is 4.43. The molecule has 0 aromatic carbocycles. The second kappa shape index (κ2) is 7.71. The zero-order valence-corrected chi connectivity index (χ0v) is 13.9. The Morgan fingerprint density at radius 3 is 2.88 bits per heavy atom. The summed E-state index contributed by atoms with van der Waals surface area (Å²) in [5.74, 6) is -0.263. The highest BCUT2D eigenvalue weighted by Crippen LogP contribution is 2.20. The molecule has 1 amide bonds. The molecule has 0 aliphatic carbocycles. The Bertz CT molecular complexity index is 584. The number of aromatic nitrogens is 3. The van der Waals surface area contributed by atoms with Crippen molar-refractivity contribution in [1.29, 1.82) is 0 Å². The van der Waals surface area contributed by atoms with Crippen molar-refractivity contribution in [2.75, 3.05) is 46.5 Å². The average molecular weight is 337 g/mol. The van der Waals surface area contributed by atoms with Crippen molar-refractivity contribution in [3.05, 3.63) is 12.2 Å². The summed E-state index contributed by atoms with van der Waals surface area (Å²) in [6, 6.07) is 0. The van der Waals surface area contributed by atoms with Crippen LogP contribution < -0.4 is 0 Å². The van der Waals surface area contributed by atoms with E-state index in [0.717, 1.165) is 19.4 Å². The number of amides is 1. The maximum atomic E-state index is 12.6. The van der Waals surface area contributed by atoms with Crippen LogP contribution in [0.1, 0.15) is 23.5 Å². The van der Waals surface area contributed by atoms with Crippen molar-refractivity contribution in [3.63, 3.8) is 0 Å². The summed E-state index contributed by atoms with van der Waals surface area (Å²) in [7, 11) is 1.30. The van der Waals surface area contributed by atoms with Crippen molar-refractivity contribution in [3.8, 4) is 0 Å². The van der Waals surface area contributed by atoms with Crippen molar-refractivity contribution < 1.29 is 19.1 Å². The summed E-state index contributed by atoms with van der Waals surface area (Å²) in [5.41, 5.74) is 0. The van der Waals surface area contributed by atoms with Crippen LogP contribution in [0.3, 0.4) is 0 Å². The lowest BCUT2D eigenvalue weighted by Gasteiger charge is -2.36. The zero-order chi connectivity index (χ0) is 16.9. The van der Waals surface area contributed by atoms with Gasteiger partial charge in [-0.15, -0.1) is 5.10 Å². The quantitative estimate of drug-likeness (QED) is 0.690. The molecule has 1 atom stereocenters. The summed E-state index contributed by atoms with van der Waals surface area (Å²) in [5, 5.41) is 4.11. The molecule has 2 aliphatic heterocycles. The fourth-order valence-corrected chi connectivity index (χ4v) is 3.18. The number of esters is 1. The minimum Gasteiger partial charge on any atom is -0.463 e. The van der Waals surface area contributed by atoms with Gasteiger partial charge >= 0.3 is 5.97 Å². The number of carbonyl (C=O) groups is 2. The maximum Gasteiger partial charge on any atom is 0.377 e. The van der Waals surface area contributed by atoms with E-state index < -0.39 is 5.97 Å². The third kappa shape index (κ3) is 3.90. The lowest BCUT2D eigenvalue weighted by Crippen LogP contribution is -2.48. The summed E-state index contributed by atoms with van der Waals surface area (Å²) in [6.45, 7) is 4.72. The van der Waals surface area contributed by atoms with Gasteiger partial charge in [-0.25, -0.2) is 14.5 Å². The predicted octanol–water partition coefficient (Wildman–Crippen LogP) is -0.407. The number of piperidine rings is 1. The fourth-order valence-electron chi connectivity index (χ4n) is 3.18. The van der Waals surface area contributed by atoms with E-state index in [1.54, 1.807) is 4.68 Å². The Kier molecular flexibility index (Phi) is 5.41. The first-order chi connectivity index (χ1) is 11.7. The minimum atomic E-state index is -0.548. The molecule has 2 aliphatic rings. The van der Waals surface area contributed by atoms with Gasteiger partial charge < -0.3 is 14.4 Å². The number of carbonyl (C=O) groups excluding carboxylic acids is 2. The molecular formula is C15H23N5O4. The zero-order valence-electron chi connectivity index (χ0n) is 13.9. The summed E-state index contributed by atoms with van der Waals surface area (Å²) in [6.07, 6.45) is 3.40. The van der Waals surface area contributed by atoms with Crippen LogP contribution in [0.2, 0.25) is 0 Å². The summed E-state index contributed by atoms with van der Waals surface area (Å²) in [4.78, 5) is 32.0. The summed E-state index contributed by atoms with van der Waals surface area (Å²) >= 11 is 0. The normalized spacial score (nSPS) is 22.4. The van der Waals surface area contributed by atoms with Gasteiger partial charge in [0.05, 0.1) is 32.9 Å². The largest absolute Gasteiger partial charge is 0.463 e. The number of hydrogen-bond donors (Lipinski definition) is 0. The van der Waals surface area contributed by atoms with Gasteiger partial charge in [0.2, 0.25) is 5.91 Å². The molecule has 2 fully saturated rings. The van der Waals surface area contributed by atoms with Gasteiger partial charge in [0.15, 0.2) is 0 Å². The maximum absolute atomic E-state index is 12.6. The van der Waals surface area contributed by atoms with E-state index in [4.69, 9.17) is 4.74 Å². The van der Waals surface area contributed by atoms with Crippen LogP contribution in [0, 0.1) is 5.92 Å². The van der Waals surface area contributed by atoms with Crippen LogP contribution in [0.25, 0.3) is 0 Å². The fraction of sp³-hybridized carbons (Fsp3) is 0.733. The van der Waals surface area contributed by atoms with E-state index >= 15 is 0 Å². The molecule has 132 valence electrons. The van der Waals surface area contributed by atoms with E-state index in [1.807, 2.05) is 4.90 Å². The first kappa shape index (κ1) is 16.8. The van der Waals surface area contributed by atoms with E-state index in [9.17, 15) is 9.59 Å². The Morgan fingerprint density at radius 1 is 1.33 bits per heavy atom. The molecule has 1 unspecified atom stereocenters. The van der Waals surface area contributed by atoms with Gasteiger partial charge in [-0.1, -0.05) is 0 Å². The topological polar surface area (TPSA) is 89.8 Å². The van der Waals surface area contributed by atoms with Gasteiger partial charge in [0.1, 0.15) is 6.33 Å². The van der Waals surface area contributed by atoms with E-state index in [1.165, 1.54) is 13.4 Å². The van der Waals surface area contributed by atoms with E-state index in [0.29, 0.717) is 39.5 Å². The number of ether oxygens (including phenoxy) is 2. The molecular weight excluding hydrogens is 314 g/mol. The monoisotopic (exact) mass is 337 g/mol. The van der Waals surface area contributed by atoms with Gasteiger partial charge in [-0.05, 0) is 19.4 Å². The molecule has 24 heavy (non-hydrogen) atoms. The molecule has 3 rings (SSSR count). The number of rotatable bonds is 4. The van der Waals surface area contributed by atoms with Crippen molar-refractivity contribution in [2.24, 2.45) is 5.92 Å². The number of likely N-dealkylation sites (tertiary alicyclic amines) is 1. The molecule has 0 spiro atoms. The molecule has 3 heterocycles. The highest BCUT2D eigenvalue weighted by atomic mass is 16.5. The second-order valence-electron chi connectivity index (χ2n) is 6.09. The smallest absolute Gasteiger partial charge is 0.377 e. The Labute approximate surface area is 140 Å². The lowest BCUT2D eigenvalue weighted by atomic mass is 9.96. The van der Waals surface area contributed by atoms with Crippen LogP contribution >= 0.6 is 0 Å². The van der Waals surface area contributed by atoms with Crippen molar-refractivity contribution in [2.45, 2.75) is 19.5 Å². The Hall–Kier alpha value is -2.00. The molecule has 1 aromatic heterocycles. The number of morpholine rings is 1. The van der Waals surface area contributed by atoms with Gasteiger partial charge in [0, 0.05) is 19.6 Å². The second-order valence-corrected chi connectivity index (χ2v) is 6.09. The minimum absolute atomic E-state index is 0.0143. The van der Waals surface area contributed by atoms with Crippen LogP contribution in [0.5, 0.6) is 0 Å². The average Bonchev–Trinajstić information content (AvgIpc) is 3.10. The SMILES string of the molecule is COC(=O)c1ncn(CN2CCCC(C(=O)N3CCOCC3)C2)n1. The van der Waals surface area contributed by atoms with Crippen LogP contribution in [0.4, 0.5) is 0 Å². The van der Waals surface area contributed by atoms with Crippen LogP contribution in [0.15, 0.2) is 6.33 Å². The highest BCUT2D eigenvalue weighted by molar-refractivity contribution is 5.84. The third-order valence-corrected chi connectivity index (χ3v) is 4.43. The van der Waals surface area contributed by atoms with Crippen LogP contribution in [-0.4, -0.2) is 82.9 Å². The van der Waals surface area contributed by atoms with Gasteiger partial charge in [-0.3, -0.25) is 9.69 Å². The molecule has 1 aromatic rings. The van der Waals surface area contributed by atoms with Gasteiger partial charge in [0.25, 0.3) is 5.82 Å².